The lowest BCUT2D eigenvalue weighted by Crippen LogP contribution is -2.23. The second kappa shape index (κ2) is 6.90. The molecule has 2 aromatic carbocycles. The maximum absolute atomic E-state index is 13.1. The van der Waals surface area contributed by atoms with E-state index in [4.69, 9.17) is 4.74 Å². The SMILES string of the molecule is COc1cc(N2Cc3ccc(-c4ccsc4)cc3C2=O)ccc1-n1cnc(C)c1. The maximum Gasteiger partial charge on any atom is 0.258 e. The van der Waals surface area contributed by atoms with E-state index in [-0.39, 0.29) is 5.91 Å². The number of carbonyl (C=O) groups is 1. The third-order valence-corrected chi connectivity index (χ3v) is 5.92. The van der Waals surface area contributed by atoms with Gasteiger partial charge in [-0.05, 0) is 58.6 Å². The van der Waals surface area contributed by atoms with Gasteiger partial charge >= 0.3 is 0 Å². The number of ether oxygens (including phenoxy) is 1. The van der Waals surface area contributed by atoms with Crippen LogP contribution in [0.25, 0.3) is 16.8 Å². The van der Waals surface area contributed by atoms with Crippen LogP contribution in [-0.2, 0) is 6.54 Å². The topological polar surface area (TPSA) is 47.4 Å². The number of aryl methyl sites for hydroxylation is 1. The number of methoxy groups -OCH3 is 1. The van der Waals surface area contributed by atoms with E-state index in [1.54, 1.807) is 29.7 Å². The lowest BCUT2D eigenvalue weighted by molar-refractivity contribution is 0.0996. The predicted molar refractivity (Wildman–Crippen MR) is 115 cm³/mol. The van der Waals surface area contributed by atoms with E-state index in [0.717, 1.165) is 39.3 Å². The summed E-state index contributed by atoms with van der Waals surface area (Å²) in [5.41, 5.74) is 6.67. The van der Waals surface area contributed by atoms with E-state index in [0.29, 0.717) is 12.3 Å². The van der Waals surface area contributed by atoms with E-state index in [1.807, 2.05) is 47.3 Å². The van der Waals surface area contributed by atoms with Crippen molar-refractivity contribution in [3.63, 3.8) is 0 Å². The number of carbonyl (C=O) groups excluding carboxylic acids is 1. The van der Waals surface area contributed by atoms with Crippen molar-refractivity contribution in [2.45, 2.75) is 13.5 Å². The van der Waals surface area contributed by atoms with Crippen molar-refractivity contribution in [1.82, 2.24) is 9.55 Å². The molecular formula is C23H19N3O2S. The molecule has 0 radical (unpaired) electrons. The number of anilines is 1. The highest BCUT2D eigenvalue weighted by Crippen LogP contribution is 2.35. The molecule has 0 bridgehead atoms. The van der Waals surface area contributed by atoms with Gasteiger partial charge in [0, 0.05) is 23.5 Å². The normalized spacial score (nSPS) is 13.0. The molecule has 4 aromatic rings. The van der Waals surface area contributed by atoms with Gasteiger partial charge in [0.2, 0.25) is 0 Å². The molecule has 0 fully saturated rings. The van der Waals surface area contributed by atoms with E-state index in [9.17, 15) is 4.79 Å². The molecule has 0 atom stereocenters. The Labute approximate surface area is 172 Å². The smallest absolute Gasteiger partial charge is 0.258 e. The van der Waals surface area contributed by atoms with Gasteiger partial charge in [-0.25, -0.2) is 4.98 Å². The monoisotopic (exact) mass is 401 g/mol. The van der Waals surface area contributed by atoms with Crippen LogP contribution in [0.15, 0.2) is 65.7 Å². The summed E-state index contributed by atoms with van der Waals surface area (Å²) in [6, 6.07) is 14.0. The molecule has 5 nitrogen and oxygen atoms in total. The van der Waals surface area contributed by atoms with Crippen LogP contribution in [0.1, 0.15) is 21.6 Å². The Hall–Kier alpha value is -3.38. The number of rotatable bonds is 4. The van der Waals surface area contributed by atoms with Gasteiger partial charge in [-0.2, -0.15) is 11.3 Å². The predicted octanol–water partition coefficient (Wildman–Crippen LogP) is 5.08. The number of imidazole rings is 1. The van der Waals surface area contributed by atoms with Gasteiger partial charge in [0.05, 0.1) is 31.4 Å². The van der Waals surface area contributed by atoms with Crippen molar-refractivity contribution in [2.24, 2.45) is 0 Å². The molecule has 0 aliphatic carbocycles. The summed E-state index contributed by atoms with van der Waals surface area (Å²) in [4.78, 5) is 19.2. The fourth-order valence-electron chi connectivity index (χ4n) is 3.72. The highest BCUT2D eigenvalue weighted by atomic mass is 32.1. The van der Waals surface area contributed by atoms with Crippen LogP contribution in [0.5, 0.6) is 5.75 Å². The molecule has 29 heavy (non-hydrogen) atoms. The zero-order chi connectivity index (χ0) is 20.0. The van der Waals surface area contributed by atoms with E-state index < -0.39 is 0 Å². The van der Waals surface area contributed by atoms with Crippen molar-refractivity contribution < 1.29 is 9.53 Å². The fourth-order valence-corrected chi connectivity index (χ4v) is 4.38. The summed E-state index contributed by atoms with van der Waals surface area (Å²) in [6.07, 6.45) is 3.70. The summed E-state index contributed by atoms with van der Waals surface area (Å²) in [7, 11) is 1.64. The molecule has 2 aromatic heterocycles. The molecule has 3 heterocycles. The number of nitrogens with zero attached hydrogens (tertiary/aromatic N) is 3. The second-order valence-corrected chi connectivity index (χ2v) is 7.83. The van der Waals surface area contributed by atoms with Crippen LogP contribution in [-0.4, -0.2) is 22.6 Å². The van der Waals surface area contributed by atoms with Crippen LogP contribution in [0.2, 0.25) is 0 Å². The molecule has 1 aliphatic heterocycles. The highest BCUT2D eigenvalue weighted by Gasteiger charge is 2.29. The minimum atomic E-state index is 0.0188. The molecular weight excluding hydrogens is 382 g/mol. The molecule has 0 spiro atoms. The zero-order valence-electron chi connectivity index (χ0n) is 16.1. The molecule has 6 heteroatoms. The van der Waals surface area contributed by atoms with Crippen molar-refractivity contribution in [2.75, 3.05) is 12.0 Å². The molecule has 1 aliphatic rings. The lowest BCUT2D eigenvalue weighted by atomic mass is 10.0. The average Bonchev–Trinajstić information content (AvgIpc) is 3.48. The Balaban J connectivity index is 1.49. The molecule has 0 N–H and O–H groups in total. The van der Waals surface area contributed by atoms with Crippen LogP contribution < -0.4 is 9.64 Å². The maximum atomic E-state index is 13.1. The third kappa shape index (κ3) is 3.02. The standard InChI is InChI=1S/C23H19N3O2S/c1-15-11-25(14-24-15)21-6-5-19(10-22(21)28-2)26-12-17-4-3-16(9-20(17)23(26)27)18-7-8-29-13-18/h3-11,13-14H,12H2,1-2H3. The lowest BCUT2D eigenvalue weighted by Gasteiger charge is -2.18. The number of benzene rings is 2. The number of hydrogen-bond donors (Lipinski definition) is 0. The molecule has 0 saturated heterocycles. The van der Waals surface area contributed by atoms with Gasteiger partial charge in [-0.15, -0.1) is 0 Å². The third-order valence-electron chi connectivity index (χ3n) is 5.23. The Kier molecular flexibility index (Phi) is 4.21. The minimum Gasteiger partial charge on any atom is -0.494 e. The summed E-state index contributed by atoms with van der Waals surface area (Å²) in [5, 5.41) is 4.15. The van der Waals surface area contributed by atoms with E-state index in [1.165, 1.54) is 0 Å². The number of amides is 1. The Bertz CT molecular complexity index is 1210. The molecule has 0 saturated carbocycles. The number of aromatic nitrogens is 2. The second-order valence-electron chi connectivity index (χ2n) is 7.05. The molecule has 144 valence electrons. The Morgan fingerprint density at radius 3 is 2.72 bits per heavy atom. The number of fused-ring (bicyclic) bond motifs is 1. The molecule has 5 rings (SSSR count). The quantitative estimate of drug-likeness (QED) is 0.479. The summed E-state index contributed by atoms with van der Waals surface area (Å²) in [6.45, 7) is 2.51. The molecule has 0 unspecified atom stereocenters. The minimum absolute atomic E-state index is 0.0188. The first-order chi connectivity index (χ1) is 14.1. The number of thiophene rings is 1. The van der Waals surface area contributed by atoms with Gasteiger partial charge < -0.3 is 14.2 Å². The van der Waals surface area contributed by atoms with Crippen molar-refractivity contribution in [1.29, 1.82) is 0 Å². The van der Waals surface area contributed by atoms with E-state index >= 15 is 0 Å². The average molecular weight is 401 g/mol. The first kappa shape index (κ1) is 17.7. The molecule has 1 amide bonds. The van der Waals surface area contributed by atoms with Crippen molar-refractivity contribution in [3.05, 3.63) is 82.6 Å². The van der Waals surface area contributed by atoms with Gasteiger partial charge in [-0.3, -0.25) is 4.79 Å². The summed E-state index contributed by atoms with van der Waals surface area (Å²) < 4.78 is 7.53. The van der Waals surface area contributed by atoms with Crippen LogP contribution >= 0.6 is 11.3 Å². The first-order valence-electron chi connectivity index (χ1n) is 9.30. The van der Waals surface area contributed by atoms with Gasteiger partial charge in [-0.1, -0.05) is 12.1 Å². The Morgan fingerprint density at radius 1 is 1.10 bits per heavy atom. The van der Waals surface area contributed by atoms with Crippen molar-refractivity contribution in [3.8, 4) is 22.6 Å². The van der Waals surface area contributed by atoms with Crippen LogP contribution in [0, 0.1) is 6.92 Å². The fraction of sp³-hybridized carbons (Fsp3) is 0.130. The van der Waals surface area contributed by atoms with Crippen molar-refractivity contribution >= 4 is 22.9 Å². The van der Waals surface area contributed by atoms with Gasteiger partial charge in [0.25, 0.3) is 5.91 Å². The zero-order valence-corrected chi connectivity index (χ0v) is 16.9. The summed E-state index contributed by atoms with van der Waals surface area (Å²) >= 11 is 1.66. The first-order valence-corrected chi connectivity index (χ1v) is 10.2. The van der Waals surface area contributed by atoms with Crippen LogP contribution in [0.3, 0.4) is 0 Å². The van der Waals surface area contributed by atoms with Crippen LogP contribution in [0.4, 0.5) is 5.69 Å². The largest absolute Gasteiger partial charge is 0.494 e. The number of hydrogen-bond acceptors (Lipinski definition) is 4. The highest BCUT2D eigenvalue weighted by molar-refractivity contribution is 7.08. The summed E-state index contributed by atoms with van der Waals surface area (Å²) in [5.74, 6) is 0.716. The van der Waals surface area contributed by atoms with E-state index in [2.05, 4.69) is 28.6 Å². The van der Waals surface area contributed by atoms with Gasteiger partial charge in [0.15, 0.2) is 0 Å². The Morgan fingerprint density at radius 2 is 2.00 bits per heavy atom. The van der Waals surface area contributed by atoms with Gasteiger partial charge in [0.1, 0.15) is 5.75 Å².